The van der Waals surface area contributed by atoms with E-state index in [4.69, 9.17) is 15.9 Å². The van der Waals surface area contributed by atoms with Crippen molar-refractivity contribution < 1.29 is 4.79 Å². The number of rotatable bonds is 11. The highest BCUT2D eigenvalue weighted by atomic mass is 16.2. The SMILES string of the molecule is CC(C)(N)C(=O)N[C@H](Cc1c[nH]c2ccccc12)c1nnc(CCCc2c[nH]c3ccccc23)n1Cc1ccccc1. The first-order chi connectivity index (χ1) is 20.4. The number of H-pyrrole nitrogens is 2. The molecule has 3 aromatic carbocycles. The molecule has 0 spiro atoms. The van der Waals surface area contributed by atoms with Crippen LogP contribution in [0.15, 0.2) is 91.3 Å². The maximum absolute atomic E-state index is 13.2. The molecule has 0 saturated carbocycles. The molecular weight excluding hydrogens is 522 g/mol. The standard InChI is InChI=1S/C34H37N7O/c1-34(2,35)33(42)38-30(19-25-21-37-29-17-9-7-15-27(25)29)32-40-39-31(41(32)22-23-11-4-3-5-12-23)18-10-13-24-20-36-28-16-8-6-14-26(24)28/h3-9,11-12,14-17,20-21,30,36-37H,10,13,18-19,22,35H2,1-2H3,(H,38,42)/t30-/m1/s1. The van der Waals surface area contributed by atoms with Gasteiger partial charge >= 0.3 is 0 Å². The monoisotopic (exact) mass is 559 g/mol. The minimum Gasteiger partial charge on any atom is -0.361 e. The van der Waals surface area contributed by atoms with Crippen LogP contribution in [0.1, 0.15) is 54.6 Å². The number of carbonyl (C=O) groups excluding carboxylic acids is 1. The summed E-state index contributed by atoms with van der Waals surface area (Å²) in [7, 11) is 0. The summed E-state index contributed by atoms with van der Waals surface area (Å²) in [6.45, 7) is 4.05. The lowest BCUT2D eigenvalue weighted by atomic mass is 10.0. The Bertz CT molecular complexity index is 1810. The zero-order valence-electron chi connectivity index (χ0n) is 24.1. The molecule has 0 unspecified atom stereocenters. The van der Waals surface area contributed by atoms with E-state index in [1.165, 1.54) is 10.9 Å². The van der Waals surface area contributed by atoms with Gasteiger partial charge in [0.05, 0.1) is 18.1 Å². The zero-order chi connectivity index (χ0) is 29.1. The fraction of sp³-hybridized carbons (Fsp3) is 0.265. The number of benzene rings is 3. The van der Waals surface area contributed by atoms with Crippen molar-refractivity contribution in [1.29, 1.82) is 0 Å². The molecule has 8 nitrogen and oxygen atoms in total. The summed E-state index contributed by atoms with van der Waals surface area (Å²) in [4.78, 5) is 20.0. The fourth-order valence-electron chi connectivity index (χ4n) is 5.58. The number of aryl methyl sites for hydroxylation is 2. The Balaban J connectivity index is 1.33. The molecule has 0 aliphatic carbocycles. The lowest BCUT2D eigenvalue weighted by Crippen LogP contribution is -2.50. The highest BCUT2D eigenvalue weighted by Gasteiger charge is 2.29. The molecule has 6 aromatic rings. The molecule has 1 atom stereocenters. The molecule has 42 heavy (non-hydrogen) atoms. The third-order valence-corrected chi connectivity index (χ3v) is 7.86. The quantitative estimate of drug-likeness (QED) is 0.165. The number of hydrogen-bond donors (Lipinski definition) is 4. The highest BCUT2D eigenvalue weighted by molar-refractivity contribution is 5.86. The first-order valence-corrected chi connectivity index (χ1v) is 14.5. The molecule has 214 valence electrons. The third kappa shape index (κ3) is 5.85. The maximum Gasteiger partial charge on any atom is 0.240 e. The van der Waals surface area contributed by atoms with Gasteiger partial charge in [0.2, 0.25) is 5.91 Å². The summed E-state index contributed by atoms with van der Waals surface area (Å²) < 4.78 is 2.17. The van der Waals surface area contributed by atoms with E-state index in [1.807, 2.05) is 42.6 Å². The van der Waals surface area contributed by atoms with E-state index in [0.717, 1.165) is 58.5 Å². The van der Waals surface area contributed by atoms with Crippen molar-refractivity contribution in [3.8, 4) is 0 Å². The lowest BCUT2D eigenvalue weighted by Gasteiger charge is -2.25. The zero-order valence-corrected chi connectivity index (χ0v) is 24.1. The number of nitrogens with one attached hydrogen (secondary N) is 3. The Morgan fingerprint density at radius 1 is 0.857 bits per heavy atom. The van der Waals surface area contributed by atoms with Gasteiger partial charge in [0.1, 0.15) is 5.82 Å². The van der Waals surface area contributed by atoms with Gasteiger partial charge in [-0.3, -0.25) is 4.79 Å². The first-order valence-electron chi connectivity index (χ1n) is 14.5. The predicted octanol–water partition coefficient (Wildman–Crippen LogP) is 5.60. The van der Waals surface area contributed by atoms with Gasteiger partial charge in [0.15, 0.2) is 5.82 Å². The van der Waals surface area contributed by atoms with E-state index < -0.39 is 11.6 Å². The van der Waals surface area contributed by atoms with Crippen molar-refractivity contribution >= 4 is 27.7 Å². The van der Waals surface area contributed by atoms with Crippen molar-refractivity contribution in [2.45, 2.75) is 57.7 Å². The Morgan fingerprint density at radius 3 is 2.17 bits per heavy atom. The van der Waals surface area contributed by atoms with Crippen molar-refractivity contribution in [2.24, 2.45) is 5.73 Å². The van der Waals surface area contributed by atoms with Crippen LogP contribution in [0.3, 0.4) is 0 Å². The number of nitrogens with zero attached hydrogens (tertiary/aromatic N) is 3. The van der Waals surface area contributed by atoms with Crippen LogP contribution in [0.2, 0.25) is 0 Å². The molecule has 6 rings (SSSR count). The predicted molar refractivity (Wildman–Crippen MR) is 167 cm³/mol. The van der Waals surface area contributed by atoms with Crippen LogP contribution in [-0.4, -0.2) is 36.2 Å². The molecule has 1 amide bonds. The summed E-state index contributed by atoms with van der Waals surface area (Å²) in [5.74, 6) is 1.39. The fourth-order valence-corrected chi connectivity index (χ4v) is 5.58. The molecule has 0 fully saturated rings. The summed E-state index contributed by atoms with van der Waals surface area (Å²) in [5.41, 5.74) is 10.9. The average molecular weight is 560 g/mol. The van der Waals surface area contributed by atoms with Crippen LogP contribution >= 0.6 is 0 Å². The number of aromatic nitrogens is 5. The number of amides is 1. The van der Waals surface area contributed by atoms with Crippen molar-refractivity contribution in [2.75, 3.05) is 0 Å². The van der Waals surface area contributed by atoms with Gasteiger partial charge in [0.25, 0.3) is 0 Å². The van der Waals surface area contributed by atoms with Gasteiger partial charge < -0.3 is 25.6 Å². The molecular formula is C34H37N7O. The smallest absolute Gasteiger partial charge is 0.240 e. The number of hydrogen-bond acceptors (Lipinski definition) is 4. The molecule has 0 aliphatic heterocycles. The molecule has 0 aliphatic rings. The maximum atomic E-state index is 13.2. The van der Waals surface area contributed by atoms with Crippen molar-refractivity contribution in [3.05, 3.63) is 120 Å². The number of fused-ring (bicyclic) bond motifs is 2. The number of carbonyl (C=O) groups is 1. The minimum absolute atomic E-state index is 0.234. The van der Waals surface area contributed by atoms with Gasteiger partial charge in [-0.2, -0.15) is 0 Å². The molecule has 3 heterocycles. The van der Waals surface area contributed by atoms with Crippen LogP contribution in [0.4, 0.5) is 0 Å². The summed E-state index contributed by atoms with van der Waals surface area (Å²) in [6, 6.07) is 26.5. The molecule has 3 aromatic heterocycles. The van der Waals surface area contributed by atoms with Crippen LogP contribution < -0.4 is 11.1 Å². The van der Waals surface area contributed by atoms with E-state index in [1.54, 1.807) is 13.8 Å². The van der Waals surface area contributed by atoms with Crippen LogP contribution in [0.5, 0.6) is 0 Å². The molecule has 0 bridgehead atoms. The average Bonchev–Trinajstić information content (AvgIpc) is 3.71. The molecule has 0 radical (unpaired) electrons. The number of nitrogens with two attached hydrogens (primary N) is 1. The minimum atomic E-state index is -1.04. The molecule has 8 heteroatoms. The lowest BCUT2D eigenvalue weighted by molar-refractivity contribution is -0.126. The number of aromatic amines is 2. The van der Waals surface area contributed by atoms with E-state index in [-0.39, 0.29) is 5.91 Å². The Hall–Kier alpha value is -4.69. The van der Waals surface area contributed by atoms with E-state index in [9.17, 15) is 4.79 Å². The number of para-hydroxylation sites is 2. The van der Waals surface area contributed by atoms with Gasteiger partial charge in [-0.25, -0.2) is 0 Å². The molecule has 5 N–H and O–H groups in total. The van der Waals surface area contributed by atoms with Crippen molar-refractivity contribution in [3.63, 3.8) is 0 Å². The van der Waals surface area contributed by atoms with E-state index >= 15 is 0 Å². The highest BCUT2D eigenvalue weighted by Crippen LogP contribution is 2.26. The van der Waals surface area contributed by atoms with Gasteiger partial charge in [-0.15, -0.1) is 10.2 Å². The topological polar surface area (TPSA) is 117 Å². The second-order valence-electron chi connectivity index (χ2n) is 11.6. The van der Waals surface area contributed by atoms with E-state index in [0.29, 0.717) is 13.0 Å². The largest absolute Gasteiger partial charge is 0.361 e. The first kappa shape index (κ1) is 27.5. The Kier molecular flexibility index (Phi) is 7.63. The third-order valence-electron chi connectivity index (χ3n) is 7.86. The van der Waals surface area contributed by atoms with Crippen molar-refractivity contribution in [1.82, 2.24) is 30.0 Å². The van der Waals surface area contributed by atoms with Gasteiger partial charge in [-0.05, 0) is 55.5 Å². The Morgan fingerprint density at radius 2 is 1.48 bits per heavy atom. The summed E-state index contributed by atoms with van der Waals surface area (Å²) >= 11 is 0. The van der Waals surface area contributed by atoms with Gasteiger partial charge in [0, 0.05) is 47.0 Å². The van der Waals surface area contributed by atoms with Crippen LogP contribution in [0, 0.1) is 0 Å². The normalized spacial score (nSPS) is 12.6. The molecule has 0 saturated heterocycles. The Labute approximate surface area is 245 Å². The summed E-state index contributed by atoms with van der Waals surface area (Å²) in [5, 5.41) is 15.0. The summed E-state index contributed by atoms with van der Waals surface area (Å²) in [6.07, 6.45) is 7.27. The van der Waals surface area contributed by atoms with Crippen LogP contribution in [0.25, 0.3) is 21.8 Å². The van der Waals surface area contributed by atoms with E-state index in [2.05, 4.69) is 68.5 Å². The second kappa shape index (κ2) is 11.7. The second-order valence-corrected chi connectivity index (χ2v) is 11.6. The van der Waals surface area contributed by atoms with Gasteiger partial charge in [-0.1, -0.05) is 66.7 Å². The van der Waals surface area contributed by atoms with Crippen LogP contribution in [-0.2, 0) is 30.6 Å².